The van der Waals surface area contributed by atoms with Gasteiger partial charge < -0.3 is 5.32 Å². The largest absolute Gasteiger partial charge is 0.389 e. The summed E-state index contributed by atoms with van der Waals surface area (Å²) in [5.41, 5.74) is 1.74. The minimum atomic E-state index is -4.03. The van der Waals surface area contributed by atoms with Crippen LogP contribution in [0.4, 0.5) is 13.2 Å². The van der Waals surface area contributed by atoms with Crippen LogP contribution in [0.25, 0.3) is 0 Å². The first-order valence-electron chi connectivity index (χ1n) is 5.15. The Kier molecular flexibility index (Phi) is 5.21. The first-order valence-corrected chi connectivity index (χ1v) is 6.03. The van der Waals surface area contributed by atoms with Crippen LogP contribution < -0.4 is 5.32 Å². The highest BCUT2D eigenvalue weighted by atomic mass is 32.1. The van der Waals surface area contributed by atoms with Gasteiger partial charge >= 0.3 is 6.18 Å². The Morgan fingerprint density at radius 3 is 2.81 bits per heavy atom. The zero-order valence-corrected chi connectivity index (χ0v) is 9.87. The van der Waals surface area contributed by atoms with Crippen LogP contribution in [0.2, 0.25) is 0 Å². The van der Waals surface area contributed by atoms with Crippen LogP contribution >= 0.6 is 11.3 Å². The first kappa shape index (κ1) is 13.4. The van der Waals surface area contributed by atoms with Crippen molar-refractivity contribution in [1.29, 1.82) is 0 Å². The molecular weight excluding hydrogens is 237 g/mol. The zero-order chi connectivity index (χ0) is 12.0. The normalized spacial score (nSPS) is 14.0. The minimum Gasteiger partial charge on any atom is -0.309 e. The standard InChI is InChI=1S/C10H15F3N2S/c1-8(3-2-4-10(11,12)13)15-6-9-5-14-7-16-9/h5,7-8,15H,2-4,6H2,1H3. The van der Waals surface area contributed by atoms with E-state index < -0.39 is 12.6 Å². The molecule has 0 aliphatic carbocycles. The third-order valence-electron chi connectivity index (χ3n) is 2.21. The first-order chi connectivity index (χ1) is 7.47. The molecule has 0 fully saturated rings. The minimum absolute atomic E-state index is 0.101. The highest BCUT2D eigenvalue weighted by Gasteiger charge is 2.26. The Labute approximate surface area is 96.9 Å². The smallest absolute Gasteiger partial charge is 0.309 e. The average Bonchev–Trinajstić information content (AvgIpc) is 2.65. The molecule has 2 nitrogen and oxygen atoms in total. The number of hydrogen-bond acceptors (Lipinski definition) is 3. The van der Waals surface area contributed by atoms with Gasteiger partial charge in [-0.25, -0.2) is 0 Å². The summed E-state index contributed by atoms with van der Waals surface area (Å²) in [5, 5.41) is 3.17. The summed E-state index contributed by atoms with van der Waals surface area (Å²) < 4.78 is 35.7. The summed E-state index contributed by atoms with van der Waals surface area (Å²) in [5.74, 6) is 0. The number of aromatic nitrogens is 1. The molecule has 0 spiro atoms. The van der Waals surface area contributed by atoms with Crippen LogP contribution in [0.5, 0.6) is 0 Å². The van der Waals surface area contributed by atoms with Gasteiger partial charge in [-0.2, -0.15) is 13.2 Å². The van der Waals surface area contributed by atoms with Crippen LogP contribution in [0.15, 0.2) is 11.7 Å². The Morgan fingerprint density at radius 1 is 1.50 bits per heavy atom. The summed E-state index contributed by atoms with van der Waals surface area (Å²) in [6.45, 7) is 2.58. The molecule has 6 heteroatoms. The third kappa shape index (κ3) is 6.07. The molecule has 0 amide bonds. The summed E-state index contributed by atoms with van der Waals surface area (Å²) in [6, 6.07) is 0.101. The topological polar surface area (TPSA) is 24.9 Å². The maximum absolute atomic E-state index is 11.9. The lowest BCUT2D eigenvalue weighted by atomic mass is 10.1. The van der Waals surface area contributed by atoms with E-state index in [1.54, 1.807) is 11.7 Å². The molecule has 0 aliphatic rings. The van der Waals surface area contributed by atoms with Crippen molar-refractivity contribution in [2.24, 2.45) is 0 Å². The fourth-order valence-electron chi connectivity index (χ4n) is 1.32. The predicted octanol–water partition coefficient (Wildman–Crippen LogP) is 3.35. The number of nitrogens with one attached hydrogen (secondary N) is 1. The number of nitrogens with zero attached hydrogens (tertiary/aromatic N) is 1. The molecule has 1 atom stereocenters. The van der Waals surface area contributed by atoms with Gasteiger partial charge in [-0.05, 0) is 19.8 Å². The van der Waals surface area contributed by atoms with Crippen molar-refractivity contribution in [2.75, 3.05) is 0 Å². The molecular formula is C10H15F3N2S. The van der Waals surface area contributed by atoms with Crippen molar-refractivity contribution in [1.82, 2.24) is 10.3 Å². The summed E-state index contributed by atoms with van der Waals surface area (Å²) >= 11 is 1.54. The molecule has 1 N–H and O–H groups in total. The quantitative estimate of drug-likeness (QED) is 0.839. The fraction of sp³-hybridized carbons (Fsp3) is 0.700. The van der Waals surface area contributed by atoms with Crippen molar-refractivity contribution >= 4 is 11.3 Å². The van der Waals surface area contributed by atoms with Gasteiger partial charge in [0, 0.05) is 30.1 Å². The molecule has 92 valence electrons. The van der Waals surface area contributed by atoms with E-state index in [1.807, 2.05) is 6.92 Å². The highest BCUT2D eigenvalue weighted by Crippen LogP contribution is 2.22. The van der Waals surface area contributed by atoms with Crippen LogP contribution in [-0.4, -0.2) is 17.2 Å². The third-order valence-corrected chi connectivity index (χ3v) is 2.99. The molecule has 1 rings (SSSR count). The Hall–Kier alpha value is -0.620. The van der Waals surface area contributed by atoms with Gasteiger partial charge in [-0.15, -0.1) is 11.3 Å². The van der Waals surface area contributed by atoms with Crippen molar-refractivity contribution in [3.8, 4) is 0 Å². The molecule has 1 heterocycles. The van der Waals surface area contributed by atoms with E-state index in [0.717, 1.165) is 4.88 Å². The van der Waals surface area contributed by atoms with E-state index in [2.05, 4.69) is 10.3 Å². The summed E-state index contributed by atoms with van der Waals surface area (Å²) in [7, 11) is 0. The van der Waals surface area contributed by atoms with E-state index in [0.29, 0.717) is 13.0 Å². The van der Waals surface area contributed by atoms with Gasteiger partial charge in [0.1, 0.15) is 0 Å². The molecule has 1 aromatic heterocycles. The molecule has 0 saturated carbocycles. The zero-order valence-electron chi connectivity index (χ0n) is 9.05. The maximum Gasteiger partial charge on any atom is 0.389 e. The van der Waals surface area contributed by atoms with Crippen molar-refractivity contribution in [3.05, 3.63) is 16.6 Å². The predicted molar refractivity (Wildman–Crippen MR) is 58.3 cm³/mol. The number of halogens is 3. The van der Waals surface area contributed by atoms with Gasteiger partial charge in [0.2, 0.25) is 0 Å². The lowest BCUT2D eigenvalue weighted by Gasteiger charge is -2.13. The molecule has 0 saturated heterocycles. The maximum atomic E-state index is 11.9. The SMILES string of the molecule is CC(CCCC(F)(F)F)NCc1cncs1. The lowest BCUT2D eigenvalue weighted by Crippen LogP contribution is -2.25. The van der Waals surface area contributed by atoms with Crippen LogP contribution in [0.1, 0.15) is 31.1 Å². The molecule has 16 heavy (non-hydrogen) atoms. The molecule has 0 bridgehead atoms. The van der Waals surface area contributed by atoms with E-state index in [9.17, 15) is 13.2 Å². The van der Waals surface area contributed by atoms with Crippen LogP contribution in [-0.2, 0) is 6.54 Å². The van der Waals surface area contributed by atoms with Gasteiger partial charge in [0.15, 0.2) is 0 Å². The summed E-state index contributed by atoms with van der Waals surface area (Å²) in [6.07, 6.45) is -2.24. The van der Waals surface area contributed by atoms with E-state index in [4.69, 9.17) is 0 Å². The van der Waals surface area contributed by atoms with Crippen LogP contribution in [0, 0.1) is 0 Å². The number of alkyl halides is 3. The van der Waals surface area contributed by atoms with Gasteiger partial charge in [-0.1, -0.05) is 0 Å². The average molecular weight is 252 g/mol. The van der Waals surface area contributed by atoms with Crippen molar-refractivity contribution in [2.45, 2.75) is 44.9 Å². The Bertz CT molecular complexity index is 285. The molecule has 0 radical (unpaired) electrons. The molecule has 0 aliphatic heterocycles. The van der Waals surface area contributed by atoms with Crippen molar-refractivity contribution < 1.29 is 13.2 Å². The molecule has 1 unspecified atom stereocenters. The fourth-order valence-corrected chi connectivity index (χ4v) is 1.86. The lowest BCUT2D eigenvalue weighted by molar-refractivity contribution is -0.135. The van der Waals surface area contributed by atoms with E-state index >= 15 is 0 Å². The highest BCUT2D eigenvalue weighted by molar-refractivity contribution is 7.09. The monoisotopic (exact) mass is 252 g/mol. The second kappa shape index (κ2) is 6.20. The number of thiazole rings is 1. The van der Waals surface area contributed by atoms with E-state index in [-0.39, 0.29) is 12.5 Å². The molecule has 1 aromatic rings. The Morgan fingerprint density at radius 2 is 2.25 bits per heavy atom. The number of rotatable bonds is 6. The summed E-state index contributed by atoms with van der Waals surface area (Å²) in [4.78, 5) is 5.02. The van der Waals surface area contributed by atoms with E-state index in [1.165, 1.54) is 11.3 Å². The second-order valence-electron chi connectivity index (χ2n) is 3.76. The Balaban J connectivity index is 2.09. The van der Waals surface area contributed by atoms with Crippen LogP contribution in [0.3, 0.4) is 0 Å². The van der Waals surface area contributed by atoms with Crippen molar-refractivity contribution in [3.63, 3.8) is 0 Å². The van der Waals surface area contributed by atoms with Gasteiger partial charge in [-0.3, -0.25) is 4.98 Å². The second-order valence-corrected chi connectivity index (χ2v) is 4.73. The van der Waals surface area contributed by atoms with Gasteiger partial charge in [0.05, 0.1) is 5.51 Å². The van der Waals surface area contributed by atoms with Gasteiger partial charge in [0.25, 0.3) is 0 Å². The number of hydrogen-bond donors (Lipinski definition) is 1. The molecule has 0 aromatic carbocycles.